The second-order valence-corrected chi connectivity index (χ2v) is 7.62. The van der Waals surface area contributed by atoms with Crippen molar-refractivity contribution in [3.63, 3.8) is 0 Å². The molecular formula is C21H25N3O2S. The van der Waals surface area contributed by atoms with E-state index >= 15 is 0 Å². The average molecular weight is 384 g/mol. The molecule has 0 amide bonds. The highest BCUT2D eigenvalue weighted by Gasteiger charge is 2.16. The molecule has 4 rings (SSSR count). The molecule has 0 aromatic heterocycles. The molecule has 0 saturated carbocycles. The summed E-state index contributed by atoms with van der Waals surface area (Å²) in [5.41, 5.74) is 3.37. The summed E-state index contributed by atoms with van der Waals surface area (Å²) in [5, 5.41) is 7.09. The number of fused-ring (bicyclic) bond motifs is 1. The predicted octanol–water partition coefficient (Wildman–Crippen LogP) is 4.14. The van der Waals surface area contributed by atoms with Crippen molar-refractivity contribution in [2.24, 2.45) is 5.92 Å². The van der Waals surface area contributed by atoms with Gasteiger partial charge in [-0.1, -0.05) is 13.0 Å². The number of hydrogen-bond acceptors (Lipinski definition) is 4. The molecule has 2 aromatic rings. The van der Waals surface area contributed by atoms with E-state index in [1.165, 1.54) is 18.5 Å². The Kier molecular flexibility index (Phi) is 5.34. The molecule has 2 aliphatic heterocycles. The minimum Gasteiger partial charge on any atom is -0.454 e. The van der Waals surface area contributed by atoms with E-state index in [4.69, 9.17) is 21.7 Å². The molecule has 2 heterocycles. The molecule has 2 aliphatic rings. The maximum atomic E-state index is 5.42. The first-order valence-corrected chi connectivity index (χ1v) is 9.86. The lowest BCUT2D eigenvalue weighted by atomic mass is 9.99. The van der Waals surface area contributed by atoms with Gasteiger partial charge in [-0.2, -0.15) is 0 Å². The van der Waals surface area contributed by atoms with E-state index in [1.807, 2.05) is 18.2 Å². The molecular weight excluding hydrogens is 358 g/mol. The number of thiocarbonyl (C=S) groups is 1. The van der Waals surface area contributed by atoms with Gasteiger partial charge in [-0.25, -0.2) is 0 Å². The molecule has 0 atom stereocenters. The quantitative estimate of drug-likeness (QED) is 0.774. The minimum absolute atomic E-state index is 0.290. The lowest BCUT2D eigenvalue weighted by Gasteiger charge is -2.32. The Bertz CT molecular complexity index is 802. The lowest BCUT2D eigenvalue weighted by Crippen LogP contribution is -2.32. The van der Waals surface area contributed by atoms with Crippen LogP contribution in [0, 0.1) is 5.92 Å². The number of hydrogen-bond donors (Lipinski definition) is 2. The monoisotopic (exact) mass is 383 g/mol. The summed E-state index contributed by atoms with van der Waals surface area (Å²) in [6.07, 6.45) is 2.54. The summed E-state index contributed by atoms with van der Waals surface area (Å²) in [6.45, 7) is 5.54. The average Bonchev–Trinajstić information content (AvgIpc) is 3.15. The van der Waals surface area contributed by atoms with Gasteiger partial charge >= 0.3 is 0 Å². The van der Waals surface area contributed by atoms with Gasteiger partial charge in [0.05, 0.1) is 0 Å². The number of rotatable bonds is 4. The summed E-state index contributed by atoms with van der Waals surface area (Å²) >= 11 is 5.42. The van der Waals surface area contributed by atoms with Crippen LogP contribution in [0.15, 0.2) is 42.5 Å². The van der Waals surface area contributed by atoms with Gasteiger partial charge in [-0.15, -0.1) is 0 Å². The van der Waals surface area contributed by atoms with Crippen LogP contribution >= 0.6 is 12.2 Å². The first-order valence-electron chi connectivity index (χ1n) is 9.46. The molecule has 27 heavy (non-hydrogen) atoms. The maximum Gasteiger partial charge on any atom is 0.231 e. The molecule has 1 fully saturated rings. The van der Waals surface area contributed by atoms with Gasteiger partial charge in [0.25, 0.3) is 0 Å². The van der Waals surface area contributed by atoms with E-state index < -0.39 is 0 Å². The summed E-state index contributed by atoms with van der Waals surface area (Å²) in [7, 11) is 0. The van der Waals surface area contributed by atoms with Gasteiger partial charge in [0.15, 0.2) is 16.6 Å². The standard InChI is InChI=1S/C21H25N3O2S/c1-15-8-10-24(11-9-15)18-5-3-17(4-6-18)23-21(27)22-13-16-2-7-19-20(12-16)26-14-25-19/h2-7,12,15H,8-11,13-14H2,1H3,(H2,22,23,27). The number of benzene rings is 2. The Morgan fingerprint density at radius 2 is 1.81 bits per heavy atom. The molecule has 0 aliphatic carbocycles. The number of ether oxygens (including phenoxy) is 2. The molecule has 5 nitrogen and oxygen atoms in total. The summed E-state index contributed by atoms with van der Waals surface area (Å²) < 4.78 is 10.7. The van der Waals surface area contributed by atoms with Crippen molar-refractivity contribution in [2.75, 3.05) is 30.1 Å². The van der Waals surface area contributed by atoms with Crippen molar-refractivity contribution in [1.29, 1.82) is 0 Å². The van der Waals surface area contributed by atoms with E-state index in [0.29, 0.717) is 18.5 Å². The fraction of sp³-hybridized carbons (Fsp3) is 0.381. The molecule has 0 radical (unpaired) electrons. The maximum absolute atomic E-state index is 5.42. The number of piperidine rings is 1. The van der Waals surface area contributed by atoms with Gasteiger partial charge < -0.3 is 25.0 Å². The number of nitrogens with one attached hydrogen (secondary N) is 2. The lowest BCUT2D eigenvalue weighted by molar-refractivity contribution is 0.174. The van der Waals surface area contributed by atoms with E-state index in [-0.39, 0.29) is 0 Å². The van der Waals surface area contributed by atoms with Gasteiger partial charge in [-0.05, 0) is 72.9 Å². The SMILES string of the molecule is CC1CCN(c2ccc(NC(=S)NCc3ccc4c(c3)OCO4)cc2)CC1. The van der Waals surface area contributed by atoms with Crippen LogP contribution < -0.4 is 25.0 Å². The van der Waals surface area contributed by atoms with Crippen LogP contribution in [-0.2, 0) is 6.54 Å². The van der Waals surface area contributed by atoms with Crippen LogP contribution in [0.5, 0.6) is 11.5 Å². The molecule has 0 unspecified atom stereocenters. The number of anilines is 2. The highest BCUT2D eigenvalue weighted by molar-refractivity contribution is 7.80. The van der Waals surface area contributed by atoms with E-state index in [9.17, 15) is 0 Å². The minimum atomic E-state index is 0.290. The van der Waals surface area contributed by atoms with Crippen molar-refractivity contribution in [3.8, 4) is 11.5 Å². The fourth-order valence-corrected chi connectivity index (χ4v) is 3.62. The predicted molar refractivity (Wildman–Crippen MR) is 113 cm³/mol. The van der Waals surface area contributed by atoms with Crippen LogP contribution in [0.3, 0.4) is 0 Å². The van der Waals surface area contributed by atoms with Crippen LogP contribution in [0.4, 0.5) is 11.4 Å². The Morgan fingerprint density at radius 1 is 1.07 bits per heavy atom. The zero-order valence-electron chi connectivity index (χ0n) is 15.5. The molecule has 2 N–H and O–H groups in total. The molecule has 6 heteroatoms. The molecule has 0 bridgehead atoms. The summed E-state index contributed by atoms with van der Waals surface area (Å²) in [6, 6.07) is 14.4. The fourth-order valence-electron chi connectivity index (χ4n) is 3.43. The van der Waals surface area contributed by atoms with E-state index in [0.717, 1.165) is 41.8 Å². The van der Waals surface area contributed by atoms with Crippen LogP contribution in [-0.4, -0.2) is 25.0 Å². The smallest absolute Gasteiger partial charge is 0.231 e. The van der Waals surface area contributed by atoms with Crippen molar-refractivity contribution in [1.82, 2.24) is 5.32 Å². The van der Waals surface area contributed by atoms with Gasteiger partial charge in [0, 0.05) is 31.0 Å². The summed E-state index contributed by atoms with van der Waals surface area (Å²) in [5.74, 6) is 2.42. The zero-order chi connectivity index (χ0) is 18.6. The van der Waals surface area contributed by atoms with Crippen LogP contribution in [0.1, 0.15) is 25.3 Å². The van der Waals surface area contributed by atoms with Crippen molar-refractivity contribution < 1.29 is 9.47 Å². The Labute approximate surface area is 165 Å². The molecule has 0 spiro atoms. The van der Waals surface area contributed by atoms with Gasteiger partial charge in [0.1, 0.15) is 0 Å². The normalized spacial score (nSPS) is 16.3. The topological polar surface area (TPSA) is 45.8 Å². The Morgan fingerprint density at radius 3 is 2.59 bits per heavy atom. The second kappa shape index (κ2) is 8.05. The van der Waals surface area contributed by atoms with Crippen LogP contribution in [0.2, 0.25) is 0 Å². The van der Waals surface area contributed by atoms with Crippen LogP contribution in [0.25, 0.3) is 0 Å². The highest BCUT2D eigenvalue weighted by Crippen LogP contribution is 2.32. The first kappa shape index (κ1) is 17.9. The third kappa shape index (κ3) is 4.45. The van der Waals surface area contributed by atoms with E-state index in [2.05, 4.69) is 46.7 Å². The van der Waals surface area contributed by atoms with E-state index in [1.54, 1.807) is 0 Å². The highest BCUT2D eigenvalue weighted by atomic mass is 32.1. The molecule has 142 valence electrons. The van der Waals surface area contributed by atoms with Gasteiger partial charge in [-0.3, -0.25) is 0 Å². The first-order chi connectivity index (χ1) is 13.2. The number of nitrogens with zero attached hydrogens (tertiary/aromatic N) is 1. The third-order valence-corrected chi connectivity index (χ3v) is 5.41. The van der Waals surface area contributed by atoms with Crippen molar-refractivity contribution >= 4 is 28.7 Å². The molecule has 1 saturated heterocycles. The van der Waals surface area contributed by atoms with Gasteiger partial charge in [0.2, 0.25) is 6.79 Å². The summed E-state index contributed by atoms with van der Waals surface area (Å²) in [4.78, 5) is 2.46. The molecule has 2 aromatic carbocycles. The second-order valence-electron chi connectivity index (χ2n) is 7.21. The largest absolute Gasteiger partial charge is 0.454 e. The third-order valence-electron chi connectivity index (χ3n) is 5.16. The Hall–Kier alpha value is -2.47. The zero-order valence-corrected chi connectivity index (χ0v) is 16.3. The van der Waals surface area contributed by atoms with Crippen molar-refractivity contribution in [2.45, 2.75) is 26.3 Å². The Balaban J connectivity index is 1.28. The van der Waals surface area contributed by atoms with Crippen molar-refractivity contribution in [3.05, 3.63) is 48.0 Å².